The normalized spacial score (nSPS) is 12.8. The van der Waals surface area contributed by atoms with Crippen LogP contribution < -0.4 is 11.1 Å². The number of anilines is 1. The van der Waals surface area contributed by atoms with Crippen molar-refractivity contribution in [3.63, 3.8) is 0 Å². The molecule has 19 heavy (non-hydrogen) atoms. The van der Waals surface area contributed by atoms with Crippen molar-refractivity contribution in [2.24, 2.45) is 11.7 Å². The third kappa shape index (κ3) is 5.41. The number of nitrogens with zero attached hydrogens (tertiary/aromatic N) is 1. The topological polar surface area (TPSA) is 58.4 Å². The van der Waals surface area contributed by atoms with Gasteiger partial charge in [-0.3, -0.25) is 4.79 Å². The van der Waals surface area contributed by atoms with Gasteiger partial charge in [-0.25, -0.2) is 0 Å². The molecule has 0 radical (unpaired) electrons. The highest BCUT2D eigenvalue weighted by molar-refractivity contribution is 5.95. The van der Waals surface area contributed by atoms with E-state index in [-0.39, 0.29) is 5.91 Å². The monoisotopic (exact) mass is 263 g/mol. The van der Waals surface area contributed by atoms with Crippen LogP contribution in [0, 0.1) is 5.92 Å². The lowest BCUT2D eigenvalue weighted by Crippen LogP contribution is -2.37. The Hall–Kier alpha value is -1.39. The predicted molar refractivity (Wildman–Crippen MR) is 79.9 cm³/mol. The van der Waals surface area contributed by atoms with Crippen LogP contribution in [0.25, 0.3) is 0 Å². The van der Waals surface area contributed by atoms with Gasteiger partial charge in [0.2, 0.25) is 5.91 Å². The summed E-state index contributed by atoms with van der Waals surface area (Å²) in [6.07, 6.45) is 0.696. The zero-order valence-corrected chi connectivity index (χ0v) is 12.3. The first-order valence-electron chi connectivity index (χ1n) is 6.69. The Morgan fingerprint density at radius 2 is 1.95 bits per heavy atom. The Morgan fingerprint density at radius 1 is 1.32 bits per heavy atom. The number of para-hydroxylation sites is 1. The smallest absolute Gasteiger partial charge is 0.241 e. The quantitative estimate of drug-likeness (QED) is 0.826. The van der Waals surface area contributed by atoms with Gasteiger partial charge < -0.3 is 16.0 Å². The van der Waals surface area contributed by atoms with Crippen LogP contribution in [0.2, 0.25) is 0 Å². The summed E-state index contributed by atoms with van der Waals surface area (Å²) in [6, 6.07) is 7.38. The molecule has 0 aromatic heterocycles. The molecule has 1 aromatic carbocycles. The van der Waals surface area contributed by atoms with Gasteiger partial charge >= 0.3 is 0 Å². The van der Waals surface area contributed by atoms with Gasteiger partial charge in [-0.05, 0) is 38.1 Å². The van der Waals surface area contributed by atoms with Gasteiger partial charge in [-0.1, -0.05) is 32.0 Å². The average molecular weight is 263 g/mol. The van der Waals surface area contributed by atoms with E-state index in [1.54, 1.807) is 0 Å². The molecule has 4 nitrogen and oxygen atoms in total. The zero-order valence-electron chi connectivity index (χ0n) is 12.3. The fourth-order valence-corrected chi connectivity index (χ4v) is 1.96. The van der Waals surface area contributed by atoms with E-state index in [4.69, 9.17) is 5.73 Å². The number of amides is 1. The summed E-state index contributed by atoms with van der Waals surface area (Å²) in [4.78, 5) is 14.1. The minimum absolute atomic E-state index is 0.111. The standard InChI is InChI=1S/C15H25N3O/c1-11(2)9-13(16)15(19)17-14-8-6-5-7-12(14)10-18(3)4/h5-8,11,13H,9-10,16H2,1-4H3,(H,17,19)/t13-/m1/s1. The number of nitrogens with two attached hydrogens (primary N) is 1. The van der Waals surface area contributed by atoms with Crippen molar-refractivity contribution in [2.45, 2.75) is 32.9 Å². The number of carbonyl (C=O) groups is 1. The first kappa shape index (κ1) is 15.7. The van der Waals surface area contributed by atoms with E-state index < -0.39 is 6.04 Å². The van der Waals surface area contributed by atoms with Crippen LogP contribution in [0.5, 0.6) is 0 Å². The summed E-state index contributed by atoms with van der Waals surface area (Å²) >= 11 is 0. The van der Waals surface area contributed by atoms with Crippen LogP contribution in [0.4, 0.5) is 5.69 Å². The molecule has 3 N–H and O–H groups in total. The van der Waals surface area contributed by atoms with Gasteiger partial charge in [-0.15, -0.1) is 0 Å². The van der Waals surface area contributed by atoms with E-state index in [1.807, 2.05) is 38.4 Å². The predicted octanol–water partition coefficient (Wildman–Crippen LogP) is 2.06. The molecule has 0 saturated carbocycles. The third-order valence-electron chi connectivity index (χ3n) is 2.82. The second-order valence-corrected chi connectivity index (χ2v) is 5.62. The third-order valence-corrected chi connectivity index (χ3v) is 2.82. The first-order valence-corrected chi connectivity index (χ1v) is 6.69. The molecule has 0 heterocycles. The van der Waals surface area contributed by atoms with Crippen LogP contribution >= 0.6 is 0 Å². The number of rotatable bonds is 6. The lowest BCUT2D eigenvalue weighted by Gasteiger charge is -2.18. The van der Waals surface area contributed by atoms with E-state index in [1.165, 1.54) is 0 Å². The molecule has 1 atom stereocenters. The van der Waals surface area contributed by atoms with Crippen LogP contribution in [0.3, 0.4) is 0 Å². The molecule has 1 rings (SSSR count). The molecular formula is C15H25N3O. The van der Waals surface area contributed by atoms with E-state index in [0.717, 1.165) is 17.8 Å². The van der Waals surface area contributed by atoms with Crippen molar-refractivity contribution in [2.75, 3.05) is 19.4 Å². The lowest BCUT2D eigenvalue weighted by molar-refractivity contribution is -0.117. The number of benzene rings is 1. The second-order valence-electron chi connectivity index (χ2n) is 5.62. The molecule has 0 aliphatic carbocycles. The van der Waals surface area contributed by atoms with Crippen molar-refractivity contribution in [3.8, 4) is 0 Å². The summed E-state index contributed by atoms with van der Waals surface area (Å²) in [5.41, 5.74) is 7.84. The van der Waals surface area contributed by atoms with E-state index >= 15 is 0 Å². The molecule has 0 fully saturated rings. The largest absolute Gasteiger partial charge is 0.324 e. The molecule has 0 aliphatic heterocycles. The van der Waals surface area contributed by atoms with Crippen molar-refractivity contribution < 1.29 is 4.79 Å². The minimum Gasteiger partial charge on any atom is -0.324 e. The highest BCUT2D eigenvalue weighted by Crippen LogP contribution is 2.17. The lowest BCUT2D eigenvalue weighted by atomic mass is 10.0. The molecule has 0 unspecified atom stereocenters. The highest BCUT2D eigenvalue weighted by atomic mass is 16.2. The summed E-state index contributed by atoms with van der Waals surface area (Å²) in [5, 5.41) is 2.93. The Balaban J connectivity index is 2.73. The highest BCUT2D eigenvalue weighted by Gasteiger charge is 2.16. The summed E-state index contributed by atoms with van der Waals surface area (Å²) in [5.74, 6) is 0.303. The van der Waals surface area contributed by atoms with E-state index in [0.29, 0.717) is 12.3 Å². The molecule has 0 spiro atoms. The number of nitrogens with one attached hydrogen (secondary N) is 1. The molecule has 0 bridgehead atoms. The summed E-state index contributed by atoms with van der Waals surface area (Å²) < 4.78 is 0. The molecular weight excluding hydrogens is 238 g/mol. The summed E-state index contributed by atoms with van der Waals surface area (Å²) in [7, 11) is 4.01. The Bertz CT molecular complexity index is 416. The molecule has 1 aromatic rings. The van der Waals surface area contributed by atoms with Crippen LogP contribution in [-0.4, -0.2) is 30.9 Å². The van der Waals surface area contributed by atoms with Gasteiger partial charge in [0.15, 0.2) is 0 Å². The minimum atomic E-state index is -0.451. The average Bonchev–Trinajstić information content (AvgIpc) is 2.30. The van der Waals surface area contributed by atoms with E-state index in [9.17, 15) is 4.79 Å². The SMILES string of the molecule is CC(C)C[C@@H](N)C(=O)Nc1ccccc1CN(C)C. The number of hydrogen-bond donors (Lipinski definition) is 2. The van der Waals surface area contributed by atoms with Crippen LogP contribution in [-0.2, 0) is 11.3 Å². The van der Waals surface area contributed by atoms with Crippen LogP contribution in [0.15, 0.2) is 24.3 Å². The maximum Gasteiger partial charge on any atom is 0.241 e. The van der Waals surface area contributed by atoms with E-state index in [2.05, 4.69) is 24.1 Å². The molecule has 4 heteroatoms. The van der Waals surface area contributed by atoms with Gasteiger partial charge in [-0.2, -0.15) is 0 Å². The maximum absolute atomic E-state index is 12.0. The maximum atomic E-state index is 12.0. The summed E-state index contributed by atoms with van der Waals surface area (Å²) in [6.45, 7) is 4.91. The fourth-order valence-electron chi connectivity index (χ4n) is 1.96. The fraction of sp³-hybridized carbons (Fsp3) is 0.533. The van der Waals surface area contributed by atoms with Crippen molar-refractivity contribution in [1.29, 1.82) is 0 Å². The second kappa shape index (κ2) is 7.26. The van der Waals surface area contributed by atoms with Crippen molar-refractivity contribution in [1.82, 2.24) is 4.90 Å². The van der Waals surface area contributed by atoms with Gasteiger partial charge in [0.1, 0.15) is 0 Å². The van der Waals surface area contributed by atoms with Crippen LogP contribution in [0.1, 0.15) is 25.8 Å². The molecule has 106 valence electrons. The number of carbonyl (C=O) groups excluding carboxylic acids is 1. The number of hydrogen-bond acceptors (Lipinski definition) is 3. The van der Waals surface area contributed by atoms with Gasteiger partial charge in [0.05, 0.1) is 6.04 Å². The van der Waals surface area contributed by atoms with Gasteiger partial charge in [0.25, 0.3) is 0 Å². The van der Waals surface area contributed by atoms with Gasteiger partial charge in [0, 0.05) is 12.2 Å². The first-order chi connectivity index (χ1) is 8.90. The van der Waals surface area contributed by atoms with Crippen molar-refractivity contribution in [3.05, 3.63) is 29.8 Å². The van der Waals surface area contributed by atoms with Crippen molar-refractivity contribution >= 4 is 11.6 Å². The Labute approximate surface area is 116 Å². The molecule has 0 saturated heterocycles. The molecule has 1 amide bonds. The zero-order chi connectivity index (χ0) is 14.4. The molecule has 0 aliphatic rings. The Morgan fingerprint density at radius 3 is 2.53 bits per heavy atom. The Kier molecular flexibility index (Phi) is 5.99.